The van der Waals surface area contributed by atoms with Crippen LogP contribution in [0.3, 0.4) is 0 Å². The van der Waals surface area contributed by atoms with E-state index in [4.69, 9.17) is 0 Å². The Balaban J connectivity index is 1.86. The van der Waals surface area contributed by atoms with Crippen LogP contribution in [0.15, 0.2) is 42.5 Å². The van der Waals surface area contributed by atoms with E-state index >= 15 is 0 Å². The number of piperazine rings is 1. The molecule has 1 aliphatic rings. The molecule has 1 fully saturated rings. The molecule has 33 heavy (non-hydrogen) atoms. The molecule has 11 heteroatoms. The fourth-order valence-corrected chi connectivity index (χ4v) is 5.10. The number of hydrogen-bond acceptors (Lipinski definition) is 6. The average Bonchev–Trinajstić information content (AvgIpc) is 3.21. The molecule has 0 radical (unpaired) electrons. The number of tetrazole rings is 1. The van der Waals surface area contributed by atoms with E-state index in [0.717, 1.165) is 27.4 Å². The van der Waals surface area contributed by atoms with Crippen molar-refractivity contribution in [3.05, 3.63) is 70.8 Å². The molecule has 3 aromatic rings. The Morgan fingerprint density at radius 3 is 2.33 bits per heavy atom. The quantitative estimate of drug-likeness (QED) is 0.563. The first-order chi connectivity index (χ1) is 15.5. The molecule has 1 aliphatic heterocycles. The third-order valence-corrected chi connectivity index (χ3v) is 7.21. The molecule has 4 rings (SSSR count). The van der Waals surface area contributed by atoms with Gasteiger partial charge in [0, 0.05) is 13.1 Å². The van der Waals surface area contributed by atoms with Gasteiger partial charge in [-0.15, -0.1) is 5.10 Å². The minimum Gasteiger partial charge on any atom is -0.323 e. The maximum atomic E-state index is 13.4. The lowest BCUT2D eigenvalue weighted by molar-refractivity contribution is -0.145. The van der Waals surface area contributed by atoms with Gasteiger partial charge >= 0.3 is 0 Å². The van der Waals surface area contributed by atoms with Gasteiger partial charge in [-0.1, -0.05) is 30.3 Å². The topological polar surface area (TPSA) is 101 Å². The van der Waals surface area contributed by atoms with E-state index in [2.05, 4.69) is 15.5 Å². The Morgan fingerprint density at radius 1 is 1.09 bits per heavy atom. The van der Waals surface area contributed by atoms with Crippen molar-refractivity contribution < 1.29 is 17.6 Å². The number of carbonyl (C=O) groups is 1. The van der Waals surface area contributed by atoms with Gasteiger partial charge in [-0.3, -0.25) is 4.79 Å². The number of nitrogens with zero attached hydrogens (tertiary/aromatic N) is 6. The van der Waals surface area contributed by atoms with Crippen LogP contribution >= 0.6 is 0 Å². The lowest BCUT2D eigenvalue weighted by atomic mass is 9.94. The van der Waals surface area contributed by atoms with Crippen molar-refractivity contribution >= 4 is 15.9 Å². The van der Waals surface area contributed by atoms with E-state index in [0.29, 0.717) is 11.4 Å². The van der Waals surface area contributed by atoms with Crippen molar-refractivity contribution in [2.75, 3.05) is 19.3 Å². The molecule has 0 saturated carbocycles. The number of sulfonamides is 1. The fraction of sp³-hybridized carbons (Fsp3) is 0.364. The zero-order valence-electron chi connectivity index (χ0n) is 18.9. The van der Waals surface area contributed by atoms with Crippen molar-refractivity contribution in [3.63, 3.8) is 0 Å². The summed E-state index contributed by atoms with van der Waals surface area (Å²) in [5.74, 6) is -0.438. The molecule has 0 spiro atoms. The summed E-state index contributed by atoms with van der Waals surface area (Å²) in [5, 5.41) is 12.3. The molecule has 0 N–H and O–H groups in total. The minimum atomic E-state index is -3.66. The Hall–Kier alpha value is -3.18. The van der Waals surface area contributed by atoms with Crippen molar-refractivity contribution in [1.82, 2.24) is 29.4 Å². The van der Waals surface area contributed by atoms with Crippen molar-refractivity contribution in [3.8, 4) is 5.69 Å². The summed E-state index contributed by atoms with van der Waals surface area (Å²) in [4.78, 5) is 14.9. The molecule has 174 valence electrons. The van der Waals surface area contributed by atoms with Crippen LogP contribution < -0.4 is 0 Å². The summed E-state index contributed by atoms with van der Waals surface area (Å²) < 4.78 is 41.0. The van der Waals surface area contributed by atoms with Crippen LogP contribution in [0, 0.1) is 19.7 Å². The second kappa shape index (κ2) is 8.31. The Labute approximate surface area is 191 Å². The highest BCUT2D eigenvalue weighted by molar-refractivity contribution is 7.88. The predicted molar refractivity (Wildman–Crippen MR) is 119 cm³/mol. The smallest absolute Gasteiger partial charge is 0.239 e. The monoisotopic (exact) mass is 472 g/mol. The molecule has 1 unspecified atom stereocenters. The molecule has 1 amide bonds. The fourth-order valence-electron chi connectivity index (χ4n) is 4.27. The summed E-state index contributed by atoms with van der Waals surface area (Å²) >= 11 is 0. The van der Waals surface area contributed by atoms with Crippen LogP contribution in [0.1, 0.15) is 29.4 Å². The molecule has 2 heterocycles. The molecule has 1 atom stereocenters. The van der Waals surface area contributed by atoms with Gasteiger partial charge in [-0.2, -0.15) is 8.99 Å². The van der Waals surface area contributed by atoms with Gasteiger partial charge in [-0.05, 0) is 60.0 Å². The standard InChI is InChI=1S/C22H25FN6O3S/c1-15-6-5-7-16(2)20(15)29-21(24-25-26-29)22(3)14-27(33(4,31)32)13-19(30)28(22)12-17-8-10-18(23)11-9-17/h5-11H,12-14H2,1-4H3. The number of rotatable bonds is 5. The van der Waals surface area contributed by atoms with Crippen LogP contribution in [0.2, 0.25) is 0 Å². The molecule has 1 aromatic heterocycles. The van der Waals surface area contributed by atoms with Gasteiger partial charge in [0.2, 0.25) is 15.9 Å². The molecule has 1 saturated heterocycles. The largest absolute Gasteiger partial charge is 0.323 e. The van der Waals surface area contributed by atoms with Crippen LogP contribution in [-0.4, -0.2) is 63.1 Å². The summed E-state index contributed by atoms with van der Waals surface area (Å²) in [6.07, 6.45) is 1.07. The van der Waals surface area contributed by atoms with Crippen LogP contribution in [-0.2, 0) is 26.9 Å². The molecule has 0 aliphatic carbocycles. The third kappa shape index (κ3) is 4.25. The summed E-state index contributed by atoms with van der Waals surface area (Å²) in [5.41, 5.74) is 2.14. The number of hydrogen-bond donors (Lipinski definition) is 0. The number of para-hydroxylation sites is 1. The Kier molecular flexibility index (Phi) is 5.79. The highest BCUT2D eigenvalue weighted by Gasteiger charge is 2.49. The number of aryl methyl sites for hydroxylation is 2. The lowest BCUT2D eigenvalue weighted by Crippen LogP contribution is -2.62. The molecule has 2 aromatic carbocycles. The first-order valence-corrected chi connectivity index (χ1v) is 12.2. The van der Waals surface area contributed by atoms with E-state index in [1.54, 1.807) is 28.6 Å². The first kappa shape index (κ1) is 23.0. The highest BCUT2D eigenvalue weighted by atomic mass is 32.2. The molecular weight excluding hydrogens is 447 g/mol. The number of amides is 1. The van der Waals surface area contributed by atoms with E-state index < -0.39 is 21.5 Å². The maximum Gasteiger partial charge on any atom is 0.239 e. The SMILES string of the molecule is Cc1cccc(C)c1-n1nnnc1C1(C)CN(S(C)(=O)=O)CC(=O)N1Cc1ccc(F)cc1. The number of aromatic nitrogens is 4. The number of halogens is 1. The Morgan fingerprint density at radius 2 is 1.73 bits per heavy atom. The number of carbonyl (C=O) groups excluding carboxylic acids is 1. The predicted octanol–water partition coefficient (Wildman–Crippen LogP) is 1.94. The van der Waals surface area contributed by atoms with Crippen LogP contribution in [0.25, 0.3) is 5.69 Å². The van der Waals surface area contributed by atoms with Gasteiger partial charge in [0.1, 0.15) is 11.4 Å². The molecule has 9 nitrogen and oxygen atoms in total. The van der Waals surface area contributed by atoms with Gasteiger partial charge in [-0.25, -0.2) is 12.8 Å². The van der Waals surface area contributed by atoms with Crippen molar-refractivity contribution in [2.45, 2.75) is 32.9 Å². The summed E-state index contributed by atoms with van der Waals surface area (Å²) in [7, 11) is -3.66. The second-order valence-corrected chi connectivity index (χ2v) is 10.5. The zero-order chi connectivity index (χ0) is 24.0. The average molecular weight is 473 g/mol. The van der Waals surface area contributed by atoms with Gasteiger partial charge in [0.05, 0.1) is 18.5 Å². The van der Waals surface area contributed by atoms with Crippen LogP contribution in [0.4, 0.5) is 4.39 Å². The first-order valence-electron chi connectivity index (χ1n) is 10.4. The second-order valence-electron chi connectivity index (χ2n) is 8.57. The molecule has 0 bridgehead atoms. The van der Waals surface area contributed by atoms with E-state index in [-0.39, 0.29) is 25.5 Å². The lowest BCUT2D eigenvalue weighted by Gasteiger charge is -2.46. The van der Waals surface area contributed by atoms with E-state index in [1.165, 1.54) is 12.1 Å². The van der Waals surface area contributed by atoms with Crippen LogP contribution in [0.5, 0.6) is 0 Å². The van der Waals surface area contributed by atoms with Crippen molar-refractivity contribution in [2.24, 2.45) is 0 Å². The highest BCUT2D eigenvalue weighted by Crippen LogP contribution is 2.35. The Bertz CT molecular complexity index is 1290. The van der Waals surface area contributed by atoms with Crippen molar-refractivity contribution in [1.29, 1.82) is 0 Å². The van der Waals surface area contributed by atoms with Gasteiger partial charge in [0.25, 0.3) is 0 Å². The number of benzene rings is 2. The summed E-state index contributed by atoms with van der Waals surface area (Å²) in [6, 6.07) is 11.6. The minimum absolute atomic E-state index is 0.0237. The van der Waals surface area contributed by atoms with Gasteiger partial charge in [0.15, 0.2) is 5.82 Å². The summed E-state index contributed by atoms with van der Waals surface area (Å²) in [6.45, 7) is 5.45. The third-order valence-electron chi connectivity index (χ3n) is 6.02. The zero-order valence-corrected chi connectivity index (χ0v) is 19.7. The molecular formula is C22H25FN6O3S. The van der Waals surface area contributed by atoms with E-state index in [9.17, 15) is 17.6 Å². The normalized spacial score (nSPS) is 19.8. The van der Waals surface area contributed by atoms with E-state index in [1.807, 2.05) is 32.0 Å². The maximum absolute atomic E-state index is 13.4. The van der Waals surface area contributed by atoms with Gasteiger partial charge < -0.3 is 4.90 Å².